The van der Waals surface area contributed by atoms with Gasteiger partial charge in [0.05, 0.1) is 0 Å². The highest BCUT2D eigenvalue weighted by molar-refractivity contribution is 6.18. The number of hydrogen-bond donors (Lipinski definition) is 1. The molecule has 0 bridgehead atoms. The number of hydrogen-bond acceptors (Lipinski definition) is 2. The third-order valence-electron chi connectivity index (χ3n) is 2.85. The average Bonchev–Trinajstić information content (AvgIpc) is 2.60. The Morgan fingerprint density at radius 1 is 1.53 bits per heavy atom. The van der Waals surface area contributed by atoms with Crippen molar-refractivity contribution in [2.75, 3.05) is 29.7 Å². The van der Waals surface area contributed by atoms with Crippen LogP contribution in [0.5, 0.6) is 0 Å². The molecule has 0 amide bonds. The van der Waals surface area contributed by atoms with E-state index in [2.05, 4.69) is 42.4 Å². The van der Waals surface area contributed by atoms with E-state index in [0.717, 1.165) is 13.0 Å². The fourth-order valence-corrected chi connectivity index (χ4v) is 2.06. The Balaban J connectivity index is 2.16. The van der Waals surface area contributed by atoms with E-state index in [1.165, 1.54) is 16.9 Å². The molecule has 0 saturated carbocycles. The zero-order valence-corrected chi connectivity index (χ0v) is 10.0. The molecule has 3 heteroatoms. The van der Waals surface area contributed by atoms with Gasteiger partial charge in [-0.15, -0.1) is 11.6 Å². The number of nitrogens with zero attached hydrogens (tertiary/aromatic N) is 1. The molecule has 0 aliphatic carbocycles. The van der Waals surface area contributed by atoms with Gasteiger partial charge in [-0.05, 0) is 37.1 Å². The van der Waals surface area contributed by atoms with Crippen LogP contribution in [0.1, 0.15) is 12.5 Å². The van der Waals surface area contributed by atoms with Gasteiger partial charge in [0.25, 0.3) is 0 Å². The fraction of sp³-hybridized carbons (Fsp3) is 0.500. The molecule has 0 saturated heterocycles. The van der Waals surface area contributed by atoms with Gasteiger partial charge in [-0.2, -0.15) is 0 Å². The lowest BCUT2D eigenvalue weighted by molar-refractivity contribution is 0.907. The SMILES string of the molecule is CC(CCl)Nc1ccc2c(c1)CCN2C. The summed E-state index contributed by atoms with van der Waals surface area (Å²) in [6.45, 7) is 3.22. The van der Waals surface area contributed by atoms with Crippen LogP contribution in [-0.4, -0.2) is 25.5 Å². The standard InChI is InChI=1S/C12H17ClN2/c1-9(8-13)14-11-3-4-12-10(7-11)5-6-15(12)2/h3-4,7,9,14H,5-6,8H2,1-2H3. The molecule has 1 aromatic carbocycles. The number of benzene rings is 1. The van der Waals surface area contributed by atoms with Gasteiger partial charge in [-0.25, -0.2) is 0 Å². The Bertz CT molecular complexity index is 351. The molecule has 0 spiro atoms. The molecule has 1 N–H and O–H groups in total. The summed E-state index contributed by atoms with van der Waals surface area (Å²) in [7, 11) is 2.14. The molecule has 0 fully saturated rings. The van der Waals surface area contributed by atoms with Crippen LogP contribution in [0, 0.1) is 0 Å². The molecular formula is C12H17ClN2. The molecule has 1 unspecified atom stereocenters. The van der Waals surface area contributed by atoms with Crippen LogP contribution in [0.4, 0.5) is 11.4 Å². The molecule has 0 radical (unpaired) electrons. The Kier molecular flexibility index (Phi) is 3.06. The minimum Gasteiger partial charge on any atom is -0.381 e. The second-order valence-electron chi connectivity index (χ2n) is 4.21. The molecule has 15 heavy (non-hydrogen) atoms. The van der Waals surface area contributed by atoms with Crippen LogP contribution < -0.4 is 10.2 Å². The maximum atomic E-state index is 5.77. The minimum atomic E-state index is 0.323. The highest BCUT2D eigenvalue weighted by Crippen LogP contribution is 2.29. The summed E-state index contributed by atoms with van der Waals surface area (Å²) in [5, 5.41) is 3.39. The van der Waals surface area contributed by atoms with Crippen molar-refractivity contribution in [3.8, 4) is 0 Å². The minimum absolute atomic E-state index is 0.323. The predicted molar refractivity (Wildman–Crippen MR) is 67.2 cm³/mol. The number of fused-ring (bicyclic) bond motifs is 1. The van der Waals surface area contributed by atoms with Crippen LogP contribution in [0.2, 0.25) is 0 Å². The maximum absolute atomic E-state index is 5.77. The van der Waals surface area contributed by atoms with Gasteiger partial charge < -0.3 is 10.2 Å². The van der Waals surface area contributed by atoms with Crippen molar-refractivity contribution in [2.45, 2.75) is 19.4 Å². The Labute approximate surface area is 96.2 Å². The first-order chi connectivity index (χ1) is 7.20. The van der Waals surface area contributed by atoms with Crippen LogP contribution in [0.25, 0.3) is 0 Å². The second kappa shape index (κ2) is 4.31. The Hall–Kier alpha value is -0.890. The van der Waals surface area contributed by atoms with Gasteiger partial charge in [-0.3, -0.25) is 0 Å². The zero-order valence-electron chi connectivity index (χ0n) is 9.26. The second-order valence-corrected chi connectivity index (χ2v) is 4.52. The summed E-state index contributed by atoms with van der Waals surface area (Å²) in [4.78, 5) is 2.30. The van der Waals surface area contributed by atoms with E-state index in [-0.39, 0.29) is 0 Å². The van der Waals surface area contributed by atoms with Gasteiger partial charge in [0.1, 0.15) is 0 Å². The third-order valence-corrected chi connectivity index (χ3v) is 3.31. The Morgan fingerprint density at radius 3 is 3.07 bits per heavy atom. The topological polar surface area (TPSA) is 15.3 Å². The molecule has 1 aromatic rings. The van der Waals surface area contributed by atoms with Crippen molar-refractivity contribution in [1.29, 1.82) is 0 Å². The highest BCUT2D eigenvalue weighted by atomic mass is 35.5. The van der Waals surface area contributed by atoms with Crippen molar-refractivity contribution in [1.82, 2.24) is 0 Å². The molecule has 1 aliphatic rings. The number of alkyl halides is 1. The average molecular weight is 225 g/mol. The smallest absolute Gasteiger partial charge is 0.0423 e. The number of rotatable bonds is 3. The van der Waals surface area contributed by atoms with E-state index < -0.39 is 0 Å². The van der Waals surface area contributed by atoms with Crippen molar-refractivity contribution in [3.63, 3.8) is 0 Å². The van der Waals surface area contributed by atoms with E-state index in [1.807, 2.05) is 0 Å². The van der Waals surface area contributed by atoms with E-state index in [1.54, 1.807) is 0 Å². The Morgan fingerprint density at radius 2 is 2.33 bits per heavy atom. The summed E-state index contributed by atoms with van der Waals surface area (Å²) < 4.78 is 0. The number of anilines is 2. The molecule has 0 aromatic heterocycles. The highest BCUT2D eigenvalue weighted by Gasteiger charge is 2.15. The van der Waals surface area contributed by atoms with Gasteiger partial charge >= 0.3 is 0 Å². The summed E-state index contributed by atoms with van der Waals surface area (Å²) in [6, 6.07) is 6.88. The summed E-state index contributed by atoms with van der Waals surface area (Å²) in [6.07, 6.45) is 1.15. The van der Waals surface area contributed by atoms with E-state index >= 15 is 0 Å². The third kappa shape index (κ3) is 2.20. The van der Waals surface area contributed by atoms with Crippen molar-refractivity contribution < 1.29 is 0 Å². The van der Waals surface area contributed by atoms with Crippen molar-refractivity contribution in [2.24, 2.45) is 0 Å². The molecule has 2 nitrogen and oxygen atoms in total. The van der Waals surface area contributed by atoms with Gasteiger partial charge in [-0.1, -0.05) is 0 Å². The van der Waals surface area contributed by atoms with E-state index in [4.69, 9.17) is 11.6 Å². The predicted octanol–water partition coefficient (Wildman–Crippen LogP) is 2.72. The normalized spacial score (nSPS) is 16.3. The molecular weight excluding hydrogens is 208 g/mol. The lowest BCUT2D eigenvalue weighted by Crippen LogP contribution is -2.16. The van der Waals surface area contributed by atoms with Crippen LogP contribution in [-0.2, 0) is 6.42 Å². The quantitative estimate of drug-likeness (QED) is 0.795. The van der Waals surface area contributed by atoms with Gasteiger partial charge in [0.15, 0.2) is 0 Å². The molecule has 82 valence electrons. The van der Waals surface area contributed by atoms with E-state index in [0.29, 0.717) is 11.9 Å². The molecule has 1 atom stereocenters. The largest absolute Gasteiger partial charge is 0.381 e. The molecule has 2 rings (SSSR count). The first-order valence-corrected chi connectivity index (χ1v) is 5.90. The number of likely N-dealkylation sites (N-methyl/N-ethyl adjacent to an activating group) is 1. The van der Waals surface area contributed by atoms with Gasteiger partial charge in [0, 0.05) is 36.9 Å². The van der Waals surface area contributed by atoms with Crippen molar-refractivity contribution in [3.05, 3.63) is 23.8 Å². The summed E-state index contributed by atoms with van der Waals surface area (Å²) in [5.74, 6) is 0.636. The number of halogens is 1. The van der Waals surface area contributed by atoms with Crippen LogP contribution in [0.3, 0.4) is 0 Å². The first-order valence-electron chi connectivity index (χ1n) is 5.37. The summed E-state index contributed by atoms with van der Waals surface area (Å²) >= 11 is 5.77. The fourth-order valence-electron chi connectivity index (χ4n) is 1.98. The molecule has 1 heterocycles. The monoisotopic (exact) mass is 224 g/mol. The van der Waals surface area contributed by atoms with E-state index in [9.17, 15) is 0 Å². The lowest BCUT2D eigenvalue weighted by atomic mass is 10.1. The van der Waals surface area contributed by atoms with Crippen LogP contribution >= 0.6 is 11.6 Å². The summed E-state index contributed by atoms with van der Waals surface area (Å²) in [5.41, 5.74) is 3.97. The molecule has 1 aliphatic heterocycles. The zero-order chi connectivity index (χ0) is 10.8. The van der Waals surface area contributed by atoms with Crippen molar-refractivity contribution >= 4 is 23.0 Å². The van der Waals surface area contributed by atoms with Gasteiger partial charge in [0.2, 0.25) is 0 Å². The van der Waals surface area contributed by atoms with Crippen LogP contribution in [0.15, 0.2) is 18.2 Å². The maximum Gasteiger partial charge on any atom is 0.0423 e. The number of nitrogens with one attached hydrogen (secondary N) is 1. The first kappa shape index (κ1) is 10.6. The lowest BCUT2D eigenvalue weighted by Gasteiger charge is -2.15.